The maximum absolute atomic E-state index is 14.3. The van der Waals surface area contributed by atoms with Crippen LogP contribution in [0, 0.1) is 29.3 Å². The van der Waals surface area contributed by atoms with Crippen LogP contribution in [0.25, 0.3) is 0 Å². The topological polar surface area (TPSA) is 26.3 Å². The van der Waals surface area contributed by atoms with Gasteiger partial charge in [-0.15, -0.1) is 0 Å². The Hall–Kier alpha value is -2.95. The third-order valence-corrected chi connectivity index (χ3v) is 4.06. The van der Waals surface area contributed by atoms with E-state index in [0.29, 0.717) is 17.7 Å². The van der Waals surface area contributed by atoms with E-state index in [0.717, 1.165) is 18.8 Å². The Balaban J connectivity index is 2.24. The zero-order valence-corrected chi connectivity index (χ0v) is 15.5. The summed E-state index contributed by atoms with van der Waals surface area (Å²) < 4.78 is 83.0. The van der Waals surface area contributed by atoms with E-state index in [4.69, 9.17) is 4.74 Å². The summed E-state index contributed by atoms with van der Waals surface area (Å²) in [6.45, 7) is 3.89. The molecule has 0 saturated carbocycles. The molecule has 0 amide bonds. The molecule has 0 aliphatic carbocycles. The number of benzene rings is 2. The van der Waals surface area contributed by atoms with E-state index in [1.54, 1.807) is 6.07 Å². The first kappa shape index (κ1) is 22.3. The third-order valence-electron chi connectivity index (χ3n) is 4.06. The summed E-state index contributed by atoms with van der Waals surface area (Å²) in [6, 6.07) is 4.94. The fourth-order valence-electron chi connectivity index (χ4n) is 2.63. The Kier molecular flexibility index (Phi) is 6.96. The van der Waals surface area contributed by atoms with Gasteiger partial charge < -0.3 is 4.74 Å². The predicted octanol–water partition coefficient (Wildman–Crippen LogP) is 6.14. The molecule has 8 heteroatoms. The molecule has 0 spiro atoms. The molecule has 0 heterocycles. The van der Waals surface area contributed by atoms with E-state index in [1.165, 1.54) is 18.1 Å². The largest absolute Gasteiger partial charge is 0.458 e. The summed E-state index contributed by atoms with van der Waals surface area (Å²) in [5, 5.41) is 0. The lowest BCUT2D eigenvalue weighted by Crippen LogP contribution is -2.12. The van der Waals surface area contributed by atoms with Gasteiger partial charge in [0.05, 0.1) is 11.1 Å². The minimum Gasteiger partial charge on any atom is -0.423 e. The Morgan fingerprint density at radius 2 is 1.69 bits per heavy atom. The predicted molar refractivity (Wildman–Crippen MR) is 94.0 cm³/mol. The van der Waals surface area contributed by atoms with E-state index in [-0.39, 0.29) is 5.92 Å². The van der Waals surface area contributed by atoms with E-state index < -0.39 is 46.5 Å². The lowest BCUT2D eigenvalue weighted by atomic mass is 9.95. The van der Waals surface area contributed by atoms with Gasteiger partial charge in [0.25, 0.3) is 0 Å². The summed E-state index contributed by atoms with van der Waals surface area (Å²) in [6.07, 6.45) is -3.21. The van der Waals surface area contributed by atoms with Crippen molar-refractivity contribution in [2.75, 3.05) is 0 Å². The normalized spacial score (nSPS) is 12.1. The molecule has 29 heavy (non-hydrogen) atoms. The quantitative estimate of drug-likeness (QED) is 0.254. The van der Waals surface area contributed by atoms with Gasteiger partial charge in [0, 0.05) is 18.1 Å². The van der Waals surface area contributed by atoms with Crippen molar-refractivity contribution in [2.45, 2.75) is 38.8 Å². The standard InChI is InChI=1S/C21H16F6O2/c1-3-4-12(2)13-5-6-16(17(22)9-13)20(28)29-14-10-18(23)15(19(24)11-14)7-8-21(25,26)27/h5-6,9-12H,3-4H2,1-2H3. The summed E-state index contributed by atoms with van der Waals surface area (Å²) in [5.41, 5.74) is -0.882. The average Bonchev–Trinajstić information content (AvgIpc) is 2.60. The maximum atomic E-state index is 14.3. The average molecular weight is 414 g/mol. The van der Waals surface area contributed by atoms with Crippen molar-refractivity contribution in [1.29, 1.82) is 0 Å². The van der Waals surface area contributed by atoms with Crippen molar-refractivity contribution >= 4 is 5.97 Å². The molecular formula is C21H16F6O2. The van der Waals surface area contributed by atoms with Crippen LogP contribution in [0.3, 0.4) is 0 Å². The number of halogens is 6. The number of carbonyl (C=O) groups excluding carboxylic acids is 1. The number of carbonyl (C=O) groups is 1. The van der Waals surface area contributed by atoms with E-state index in [2.05, 4.69) is 0 Å². The number of hydrogen-bond donors (Lipinski definition) is 0. The van der Waals surface area contributed by atoms with Gasteiger partial charge in [-0.1, -0.05) is 32.3 Å². The summed E-state index contributed by atoms with van der Waals surface area (Å²) in [4.78, 5) is 12.1. The van der Waals surface area contributed by atoms with Crippen LogP contribution >= 0.6 is 0 Å². The molecule has 1 atom stereocenters. The Labute approximate surface area is 163 Å². The van der Waals surface area contributed by atoms with Crippen LogP contribution in [0.2, 0.25) is 0 Å². The summed E-state index contributed by atoms with van der Waals surface area (Å²) in [5.74, 6) is -3.42. The highest BCUT2D eigenvalue weighted by Gasteiger charge is 2.24. The van der Waals surface area contributed by atoms with Crippen molar-refractivity contribution in [2.24, 2.45) is 0 Å². The van der Waals surface area contributed by atoms with Gasteiger partial charge in [-0.25, -0.2) is 18.0 Å². The van der Waals surface area contributed by atoms with Gasteiger partial charge in [0.2, 0.25) is 0 Å². The molecule has 0 aliphatic rings. The summed E-state index contributed by atoms with van der Waals surface area (Å²) >= 11 is 0. The second kappa shape index (κ2) is 9.03. The van der Waals surface area contributed by atoms with E-state index in [9.17, 15) is 31.1 Å². The second-order valence-electron chi connectivity index (χ2n) is 6.33. The number of ether oxygens (including phenoxy) is 1. The Morgan fingerprint density at radius 3 is 2.21 bits per heavy atom. The molecule has 2 aromatic carbocycles. The SMILES string of the molecule is CCCC(C)c1ccc(C(=O)Oc2cc(F)c(C#CC(F)(F)F)c(F)c2)c(F)c1. The van der Waals surface area contributed by atoms with E-state index >= 15 is 0 Å². The second-order valence-corrected chi connectivity index (χ2v) is 6.33. The fraction of sp³-hybridized carbons (Fsp3) is 0.286. The molecule has 0 bridgehead atoms. The van der Waals surface area contributed by atoms with Crippen molar-refractivity contribution < 1.29 is 35.9 Å². The van der Waals surface area contributed by atoms with Crippen molar-refractivity contribution in [1.82, 2.24) is 0 Å². The van der Waals surface area contributed by atoms with Gasteiger partial charge in [-0.2, -0.15) is 13.2 Å². The molecule has 2 aromatic rings. The molecule has 0 saturated heterocycles. The highest BCUT2D eigenvalue weighted by Crippen LogP contribution is 2.25. The van der Waals surface area contributed by atoms with Crippen LogP contribution in [0.5, 0.6) is 5.75 Å². The Bertz CT molecular complexity index is 946. The molecule has 154 valence electrons. The van der Waals surface area contributed by atoms with Crippen LogP contribution in [0.1, 0.15) is 54.1 Å². The van der Waals surface area contributed by atoms with Gasteiger partial charge in [0.15, 0.2) is 0 Å². The first-order chi connectivity index (χ1) is 13.5. The van der Waals surface area contributed by atoms with Gasteiger partial charge in [0.1, 0.15) is 23.2 Å². The molecule has 0 fully saturated rings. The first-order valence-electron chi connectivity index (χ1n) is 8.62. The van der Waals surface area contributed by atoms with Crippen LogP contribution in [0.15, 0.2) is 30.3 Å². The monoisotopic (exact) mass is 414 g/mol. The zero-order valence-electron chi connectivity index (χ0n) is 15.5. The molecule has 2 nitrogen and oxygen atoms in total. The molecular weight excluding hydrogens is 398 g/mol. The summed E-state index contributed by atoms with van der Waals surface area (Å²) in [7, 11) is 0. The van der Waals surface area contributed by atoms with Crippen LogP contribution < -0.4 is 4.74 Å². The molecule has 0 radical (unpaired) electrons. The lowest BCUT2D eigenvalue weighted by Gasteiger charge is -2.12. The van der Waals surface area contributed by atoms with Gasteiger partial charge >= 0.3 is 12.1 Å². The minimum absolute atomic E-state index is 0.0770. The maximum Gasteiger partial charge on any atom is 0.458 e. The van der Waals surface area contributed by atoms with Gasteiger partial charge in [-0.3, -0.25) is 0 Å². The number of esters is 1. The highest BCUT2D eigenvalue weighted by molar-refractivity contribution is 5.91. The minimum atomic E-state index is -4.93. The number of hydrogen-bond acceptors (Lipinski definition) is 2. The first-order valence-corrected chi connectivity index (χ1v) is 8.62. The van der Waals surface area contributed by atoms with Crippen molar-refractivity contribution in [3.05, 3.63) is 64.5 Å². The lowest BCUT2D eigenvalue weighted by molar-refractivity contribution is -0.0696. The molecule has 1 unspecified atom stereocenters. The zero-order chi connectivity index (χ0) is 21.8. The Morgan fingerprint density at radius 1 is 1.07 bits per heavy atom. The smallest absolute Gasteiger partial charge is 0.423 e. The number of alkyl halides is 3. The molecule has 0 N–H and O–H groups in total. The fourth-order valence-corrected chi connectivity index (χ4v) is 2.63. The van der Waals surface area contributed by atoms with Crippen molar-refractivity contribution in [3.8, 4) is 17.6 Å². The molecule has 0 aliphatic heterocycles. The van der Waals surface area contributed by atoms with E-state index in [1.807, 2.05) is 13.8 Å². The molecule has 0 aromatic heterocycles. The van der Waals surface area contributed by atoms with Crippen LogP contribution in [0.4, 0.5) is 26.3 Å². The van der Waals surface area contributed by atoms with Gasteiger partial charge in [-0.05, 0) is 30.0 Å². The van der Waals surface area contributed by atoms with Crippen LogP contribution in [-0.4, -0.2) is 12.1 Å². The third kappa shape index (κ3) is 6.01. The number of rotatable bonds is 5. The molecule has 2 rings (SSSR count). The van der Waals surface area contributed by atoms with Crippen LogP contribution in [-0.2, 0) is 0 Å². The van der Waals surface area contributed by atoms with Crippen molar-refractivity contribution in [3.63, 3.8) is 0 Å². The highest BCUT2D eigenvalue weighted by atomic mass is 19.4.